The summed E-state index contributed by atoms with van der Waals surface area (Å²) in [5.74, 6) is -0.550. The Morgan fingerprint density at radius 3 is 2.46 bits per heavy atom. The van der Waals surface area contributed by atoms with Gasteiger partial charge in [-0.25, -0.2) is 4.39 Å². The number of halogens is 3. The molecule has 1 heterocycles. The van der Waals surface area contributed by atoms with E-state index >= 15 is 0 Å². The summed E-state index contributed by atoms with van der Waals surface area (Å²) >= 11 is 7.79. The van der Waals surface area contributed by atoms with Crippen LogP contribution in [-0.4, -0.2) is 41.9 Å². The molecule has 0 saturated carbocycles. The molecule has 1 fully saturated rings. The van der Waals surface area contributed by atoms with Crippen LogP contribution in [0.4, 0.5) is 15.8 Å². The first-order valence-electron chi connectivity index (χ1n) is 7.80. The van der Waals surface area contributed by atoms with Crippen LogP contribution in [0, 0.1) is 19.5 Å². The number of carbonyl (C=O) groups is 1. The van der Waals surface area contributed by atoms with Gasteiger partial charge in [0.25, 0.3) is 11.6 Å². The van der Waals surface area contributed by atoms with Crippen LogP contribution in [0.1, 0.15) is 10.4 Å². The fourth-order valence-corrected chi connectivity index (χ4v) is 3.77. The maximum absolute atomic E-state index is 13.2. The van der Waals surface area contributed by atoms with E-state index in [-0.39, 0.29) is 17.4 Å². The molecule has 136 valence electrons. The minimum Gasteiger partial charge on any atom is -0.362 e. The summed E-state index contributed by atoms with van der Waals surface area (Å²) in [6.07, 6.45) is 0. The predicted octanol–water partition coefficient (Wildman–Crippen LogP) is 3.95. The Kier molecular flexibility index (Phi) is 5.61. The third-order valence-corrected chi connectivity index (χ3v) is 5.33. The van der Waals surface area contributed by atoms with E-state index in [2.05, 4.69) is 0 Å². The van der Waals surface area contributed by atoms with Crippen molar-refractivity contribution >= 4 is 51.5 Å². The number of anilines is 1. The maximum atomic E-state index is 13.2. The minimum atomic E-state index is -0.459. The van der Waals surface area contributed by atoms with Gasteiger partial charge in [0.1, 0.15) is 11.5 Å². The second kappa shape index (κ2) is 7.75. The number of nitro groups is 1. The highest BCUT2D eigenvalue weighted by molar-refractivity contribution is 14.1. The lowest BCUT2D eigenvalue weighted by Gasteiger charge is -2.36. The van der Waals surface area contributed by atoms with E-state index in [0.29, 0.717) is 46.0 Å². The Labute approximate surface area is 167 Å². The molecule has 3 rings (SSSR count). The molecule has 0 radical (unpaired) electrons. The van der Waals surface area contributed by atoms with Crippen LogP contribution in [0.3, 0.4) is 0 Å². The Morgan fingerprint density at radius 2 is 1.85 bits per heavy atom. The first-order chi connectivity index (χ1) is 12.4. The largest absolute Gasteiger partial charge is 0.362 e. The molecule has 0 N–H and O–H groups in total. The average Bonchev–Trinajstić information content (AvgIpc) is 2.61. The molecule has 1 amide bonds. The molecule has 26 heavy (non-hydrogen) atoms. The summed E-state index contributed by atoms with van der Waals surface area (Å²) in [6, 6.07) is 8.64. The lowest BCUT2D eigenvalue weighted by atomic mass is 10.1. The van der Waals surface area contributed by atoms with E-state index < -0.39 is 4.92 Å². The highest BCUT2D eigenvalue weighted by Crippen LogP contribution is 2.31. The molecular formula is C17H14ClFIN3O3. The van der Waals surface area contributed by atoms with Crippen molar-refractivity contribution in [1.82, 2.24) is 4.90 Å². The molecule has 1 aliphatic rings. The maximum Gasteiger partial charge on any atom is 0.294 e. The Balaban J connectivity index is 1.73. The van der Waals surface area contributed by atoms with Crippen molar-refractivity contribution in [3.05, 3.63) is 66.5 Å². The minimum absolute atomic E-state index is 0.0506. The van der Waals surface area contributed by atoms with Gasteiger partial charge in [-0.2, -0.15) is 0 Å². The molecule has 1 saturated heterocycles. The van der Waals surface area contributed by atoms with Crippen LogP contribution in [-0.2, 0) is 0 Å². The van der Waals surface area contributed by atoms with Crippen molar-refractivity contribution in [2.24, 2.45) is 0 Å². The zero-order valence-electron chi connectivity index (χ0n) is 13.5. The van der Waals surface area contributed by atoms with Crippen molar-refractivity contribution in [2.75, 3.05) is 31.1 Å². The van der Waals surface area contributed by atoms with Crippen LogP contribution in [0.5, 0.6) is 0 Å². The second-order valence-corrected chi connectivity index (χ2v) is 7.39. The monoisotopic (exact) mass is 489 g/mol. The van der Waals surface area contributed by atoms with E-state index in [1.165, 1.54) is 24.3 Å². The fraction of sp³-hybridized carbons (Fsp3) is 0.235. The van der Waals surface area contributed by atoms with E-state index in [9.17, 15) is 19.3 Å². The number of amides is 1. The standard InChI is InChI=1S/C17H14ClFIN3O3/c18-11-1-4-15(16(9-11)23(25)26)21-5-7-22(8-6-21)17(24)13-3-2-12(19)10-14(13)20/h1-4,9-10H,5-8H2. The third kappa shape index (κ3) is 3.90. The lowest BCUT2D eigenvalue weighted by Crippen LogP contribution is -2.49. The Hall–Kier alpha value is -1.94. The summed E-state index contributed by atoms with van der Waals surface area (Å²) in [4.78, 5) is 27.0. The number of rotatable bonds is 3. The van der Waals surface area contributed by atoms with Crippen LogP contribution < -0.4 is 4.90 Å². The van der Waals surface area contributed by atoms with Crippen molar-refractivity contribution in [3.63, 3.8) is 0 Å². The van der Waals surface area contributed by atoms with Crippen molar-refractivity contribution < 1.29 is 14.1 Å². The zero-order valence-corrected chi connectivity index (χ0v) is 16.4. The quantitative estimate of drug-likeness (QED) is 0.372. The first kappa shape index (κ1) is 18.8. The number of hydrogen-bond donors (Lipinski definition) is 0. The molecule has 0 aliphatic carbocycles. The fourth-order valence-electron chi connectivity index (χ4n) is 2.89. The highest BCUT2D eigenvalue weighted by atomic mass is 127. The molecule has 2 aromatic rings. The van der Waals surface area contributed by atoms with Gasteiger partial charge in [-0.1, -0.05) is 11.6 Å². The van der Waals surface area contributed by atoms with Crippen molar-refractivity contribution in [1.29, 1.82) is 0 Å². The van der Waals surface area contributed by atoms with E-state index in [1.807, 2.05) is 27.5 Å². The molecule has 0 bridgehead atoms. The summed E-state index contributed by atoms with van der Waals surface area (Å²) in [5, 5.41) is 11.6. The SMILES string of the molecule is O=C(c1ccc(F)cc1I)N1CCN(c2ccc(Cl)cc2[N+](=O)[O-])CC1. The lowest BCUT2D eigenvalue weighted by molar-refractivity contribution is -0.384. The average molecular weight is 490 g/mol. The van der Waals surface area contributed by atoms with Crippen LogP contribution >= 0.6 is 34.2 Å². The molecule has 0 atom stereocenters. The van der Waals surface area contributed by atoms with Gasteiger partial charge < -0.3 is 9.80 Å². The normalized spacial score (nSPS) is 14.4. The second-order valence-electron chi connectivity index (χ2n) is 5.79. The molecule has 0 unspecified atom stereocenters. The molecular weight excluding hydrogens is 476 g/mol. The molecule has 0 aromatic heterocycles. The smallest absolute Gasteiger partial charge is 0.294 e. The van der Waals surface area contributed by atoms with Gasteiger partial charge in [0.2, 0.25) is 0 Å². The molecule has 6 nitrogen and oxygen atoms in total. The Bertz CT molecular complexity index is 872. The topological polar surface area (TPSA) is 66.7 Å². The summed E-state index contributed by atoms with van der Waals surface area (Å²) in [6.45, 7) is 1.77. The molecule has 1 aliphatic heterocycles. The number of nitrogens with zero attached hydrogens (tertiary/aromatic N) is 3. The molecule has 9 heteroatoms. The highest BCUT2D eigenvalue weighted by Gasteiger charge is 2.27. The van der Waals surface area contributed by atoms with Crippen molar-refractivity contribution in [3.8, 4) is 0 Å². The summed E-state index contributed by atoms with van der Waals surface area (Å²) in [5.41, 5.74) is 0.895. The number of carbonyl (C=O) groups excluding carboxylic acids is 1. The molecule has 2 aromatic carbocycles. The number of benzene rings is 2. The van der Waals surface area contributed by atoms with Gasteiger partial charge >= 0.3 is 0 Å². The van der Waals surface area contributed by atoms with Gasteiger partial charge in [0.15, 0.2) is 0 Å². The summed E-state index contributed by atoms with van der Waals surface area (Å²) in [7, 11) is 0. The zero-order chi connectivity index (χ0) is 18.8. The Morgan fingerprint density at radius 1 is 1.15 bits per heavy atom. The van der Waals surface area contributed by atoms with Crippen LogP contribution in [0.15, 0.2) is 36.4 Å². The first-order valence-corrected chi connectivity index (χ1v) is 9.25. The van der Waals surface area contributed by atoms with Crippen LogP contribution in [0.25, 0.3) is 0 Å². The van der Waals surface area contributed by atoms with E-state index in [0.717, 1.165) is 0 Å². The number of piperazine rings is 1. The predicted molar refractivity (Wildman–Crippen MR) is 105 cm³/mol. The molecule has 0 spiro atoms. The number of nitro benzene ring substituents is 1. The van der Waals surface area contributed by atoms with E-state index in [4.69, 9.17) is 11.6 Å². The van der Waals surface area contributed by atoms with Gasteiger partial charge in [-0.3, -0.25) is 14.9 Å². The van der Waals surface area contributed by atoms with Crippen LogP contribution in [0.2, 0.25) is 5.02 Å². The van der Waals surface area contributed by atoms with Gasteiger partial charge in [-0.05, 0) is 52.9 Å². The van der Waals surface area contributed by atoms with Gasteiger partial charge in [-0.15, -0.1) is 0 Å². The summed E-state index contributed by atoms with van der Waals surface area (Å²) < 4.78 is 13.8. The van der Waals surface area contributed by atoms with Gasteiger partial charge in [0, 0.05) is 40.8 Å². The number of hydrogen-bond acceptors (Lipinski definition) is 4. The van der Waals surface area contributed by atoms with E-state index in [1.54, 1.807) is 17.0 Å². The third-order valence-electron chi connectivity index (χ3n) is 4.20. The van der Waals surface area contributed by atoms with Crippen molar-refractivity contribution in [2.45, 2.75) is 0 Å². The van der Waals surface area contributed by atoms with Gasteiger partial charge in [0.05, 0.1) is 10.5 Å².